The van der Waals surface area contributed by atoms with E-state index < -0.39 is 0 Å². The Morgan fingerprint density at radius 1 is 1.53 bits per heavy atom. The Labute approximate surface area is 89.2 Å². The van der Waals surface area contributed by atoms with Crippen LogP contribution in [-0.2, 0) is 0 Å². The van der Waals surface area contributed by atoms with E-state index in [2.05, 4.69) is 0 Å². The predicted molar refractivity (Wildman–Crippen MR) is 57.2 cm³/mol. The third-order valence-corrected chi connectivity index (χ3v) is 2.65. The lowest BCUT2D eigenvalue weighted by Crippen LogP contribution is -2.08. The second-order valence-electron chi connectivity index (χ2n) is 4.23. The second-order valence-corrected chi connectivity index (χ2v) is 4.23. The fourth-order valence-electron chi connectivity index (χ4n) is 1.47. The molecule has 0 aromatic heterocycles. The van der Waals surface area contributed by atoms with Gasteiger partial charge in [0.1, 0.15) is 11.6 Å². The van der Waals surface area contributed by atoms with Crippen molar-refractivity contribution in [3.8, 4) is 5.75 Å². The van der Waals surface area contributed by atoms with Gasteiger partial charge in [0.05, 0.1) is 6.61 Å². The van der Waals surface area contributed by atoms with Crippen molar-refractivity contribution in [2.45, 2.75) is 25.8 Å². The highest BCUT2D eigenvalue weighted by Crippen LogP contribution is 2.30. The Morgan fingerprint density at radius 3 is 2.80 bits per heavy atom. The minimum Gasteiger partial charge on any atom is -0.493 e. The Balaban J connectivity index is 2.03. The van der Waals surface area contributed by atoms with Crippen molar-refractivity contribution < 1.29 is 9.13 Å². The number of rotatable bonds is 4. The summed E-state index contributed by atoms with van der Waals surface area (Å²) in [5, 5.41) is 0. The van der Waals surface area contributed by atoms with Crippen LogP contribution in [0.4, 0.5) is 4.39 Å². The van der Waals surface area contributed by atoms with E-state index in [9.17, 15) is 4.39 Å². The minimum absolute atomic E-state index is 0.275. The van der Waals surface area contributed by atoms with Crippen LogP contribution in [0.3, 0.4) is 0 Å². The highest BCUT2D eigenvalue weighted by molar-refractivity contribution is 5.30. The van der Waals surface area contributed by atoms with E-state index in [0.717, 1.165) is 0 Å². The van der Waals surface area contributed by atoms with Crippen molar-refractivity contribution in [2.24, 2.45) is 11.7 Å². The molecule has 0 bridgehead atoms. The fraction of sp³-hybridized carbons (Fsp3) is 0.500. The van der Waals surface area contributed by atoms with Gasteiger partial charge in [0.15, 0.2) is 0 Å². The Kier molecular flexibility index (Phi) is 2.91. The van der Waals surface area contributed by atoms with Gasteiger partial charge < -0.3 is 10.5 Å². The van der Waals surface area contributed by atoms with Crippen LogP contribution < -0.4 is 10.5 Å². The molecule has 1 saturated carbocycles. The molecule has 1 unspecified atom stereocenters. The Morgan fingerprint density at radius 2 is 2.27 bits per heavy atom. The molecule has 2 rings (SSSR count). The van der Waals surface area contributed by atoms with Crippen LogP contribution in [0.25, 0.3) is 0 Å². The van der Waals surface area contributed by atoms with Crippen LogP contribution >= 0.6 is 0 Å². The van der Waals surface area contributed by atoms with Gasteiger partial charge in [-0.25, -0.2) is 4.39 Å². The van der Waals surface area contributed by atoms with Gasteiger partial charge in [-0.05, 0) is 31.7 Å². The second kappa shape index (κ2) is 4.19. The molecule has 82 valence electrons. The molecule has 1 aromatic rings. The molecule has 3 heteroatoms. The summed E-state index contributed by atoms with van der Waals surface area (Å²) < 4.78 is 18.9. The highest BCUT2D eigenvalue weighted by Gasteiger charge is 2.22. The van der Waals surface area contributed by atoms with Crippen LogP contribution in [0.15, 0.2) is 18.2 Å². The summed E-state index contributed by atoms with van der Waals surface area (Å²) >= 11 is 0. The van der Waals surface area contributed by atoms with Gasteiger partial charge in [-0.3, -0.25) is 0 Å². The molecular weight excluding hydrogens is 193 g/mol. The fourth-order valence-corrected chi connectivity index (χ4v) is 1.47. The number of hydrogen-bond donors (Lipinski definition) is 1. The van der Waals surface area contributed by atoms with E-state index in [-0.39, 0.29) is 11.9 Å². The predicted octanol–water partition coefficient (Wildman–Crippen LogP) is 2.63. The monoisotopic (exact) mass is 209 g/mol. The lowest BCUT2D eigenvalue weighted by Gasteiger charge is -2.10. The van der Waals surface area contributed by atoms with Crippen molar-refractivity contribution in [3.05, 3.63) is 29.6 Å². The molecule has 0 aliphatic heterocycles. The first-order valence-corrected chi connectivity index (χ1v) is 5.34. The van der Waals surface area contributed by atoms with Crippen molar-refractivity contribution in [1.82, 2.24) is 0 Å². The summed E-state index contributed by atoms with van der Waals surface area (Å²) in [6, 6.07) is 4.62. The maximum Gasteiger partial charge on any atom is 0.131 e. The zero-order chi connectivity index (χ0) is 10.8. The molecule has 0 spiro atoms. The summed E-state index contributed by atoms with van der Waals surface area (Å²) in [5.41, 5.74) is 6.15. The third kappa shape index (κ3) is 2.69. The van der Waals surface area contributed by atoms with Crippen LogP contribution in [0.2, 0.25) is 0 Å². The molecule has 1 atom stereocenters. The lowest BCUT2D eigenvalue weighted by molar-refractivity contribution is 0.298. The Bertz CT molecular complexity index is 347. The molecule has 1 aromatic carbocycles. The van der Waals surface area contributed by atoms with E-state index in [1.165, 1.54) is 18.9 Å². The maximum absolute atomic E-state index is 13.5. The third-order valence-electron chi connectivity index (χ3n) is 2.65. The summed E-state index contributed by atoms with van der Waals surface area (Å²) in [5.74, 6) is 1.00. The molecule has 1 aliphatic carbocycles. The molecule has 15 heavy (non-hydrogen) atoms. The average molecular weight is 209 g/mol. The smallest absolute Gasteiger partial charge is 0.131 e. The zero-order valence-corrected chi connectivity index (χ0v) is 8.87. The van der Waals surface area contributed by atoms with Crippen LogP contribution in [0.1, 0.15) is 31.4 Å². The van der Waals surface area contributed by atoms with E-state index in [1.54, 1.807) is 19.1 Å². The van der Waals surface area contributed by atoms with Gasteiger partial charge in [0.25, 0.3) is 0 Å². The number of ether oxygens (including phenoxy) is 1. The molecule has 0 amide bonds. The highest BCUT2D eigenvalue weighted by atomic mass is 19.1. The molecular formula is C12H16FNO. The van der Waals surface area contributed by atoms with Gasteiger partial charge in [0, 0.05) is 17.7 Å². The zero-order valence-electron chi connectivity index (χ0n) is 8.87. The van der Waals surface area contributed by atoms with E-state index in [4.69, 9.17) is 10.5 Å². The van der Waals surface area contributed by atoms with Crippen molar-refractivity contribution >= 4 is 0 Å². The quantitative estimate of drug-likeness (QED) is 0.827. The molecule has 2 nitrogen and oxygen atoms in total. The molecule has 1 aliphatic rings. The first-order chi connectivity index (χ1) is 7.16. The largest absolute Gasteiger partial charge is 0.493 e. The molecule has 2 N–H and O–H groups in total. The molecule has 0 heterocycles. The van der Waals surface area contributed by atoms with E-state index in [1.807, 2.05) is 0 Å². The van der Waals surface area contributed by atoms with Gasteiger partial charge in [-0.1, -0.05) is 6.07 Å². The average Bonchev–Trinajstić information content (AvgIpc) is 2.97. The molecule has 0 saturated heterocycles. The van der Waals surface area contributed by atoms with Crippen LogP contribution in [0.5, 0.6) is 5.75 Å². The van der Waals surface area contributed by atoms with Crippen molar-refractivity contribution in [2.75, 3.05) is 6.61 Å². The minimum atomic E-state index is -0.279. The summed E-state index contributed by atoms with van der Waals surface area (Å²) in [6.07, 6.45) is 2.47. The van der Waals surface area contributed by atoms with Crippen LogP contribution in [-0.4, -0.2) is 6.61 Å². The van der Waals surface area contributed by atoms with Gasteiger partial charge in [-0.2, -0.15) is 0 Å². The number of hydrogen-bond acceptors (Lipinski definition) is 2. The van der Waals surface area contributed by atoms with Gasteiger partial charge in [-0.15, -0.1) is 0 Å². The SMILES string of the molecule is CC(N)c1ccc(OCC2CC2)cc1F. The number of benzene rings is 1. The van der Waals surface area contributed by atoms with Crippen molar-refractivity contribution in [3.63, 3.8) is 0 Å². The van der Waals surface area contributed by atoms with Crippen molar-refractivity contribution in [1.29, 1.82) is 0 Å². The summed E-state index contributed by atoms with van der Waals surface area (Å²) in [7, 11) is 0. The summed E-state index contributed by atoms with van der Waals surface area (Å²) in [4.78, 5) is 0. The van der Waals surface area contributed by atoms with E-state index in [0.29, 0.717) is 23.8 Å². The normalized spacial score (nSPS) is 17.5. The number of halogens is 1. The van der Waals surface area contributed by atoms with Crippen LogP contribution in [0, 0.1) is 11.7 Å². The first kappa shape index (κ1) is 10.4. The van der Waals surface area contributed by atoms with E-state index >= 15 is 0 Å². The Hall–Kier alpha value is -1.09. The summed E-state index contributed by atoms with van der Waals surface area (Å²) in [6.45, 7) is 2.47. The van der Waals surface area contributed by atoms with Gasteiger partial charge >= 0.3 is 0 Å². The number of nitrogens with two attached hydrogens (primary N) is 1. The standard InChI is InChI=1S/C12H16FNO/c1-8(14)11-5-4-10(6-12(11)13)15-7-9-2-3-9/h4-6,8-9H,2-3,7,14H2,1H3. The molecule has 1 fully saturated rings. The lowest BCUT2D eigenvalue weighted by atomic mass is 10.1. The molecule has 0 radical (unpaired) electrons. The first-order valence-electron chi connectivity index (χ1n) is 5.34. The maximum atomic E-state index is 13.5. The topological polar surface area (TPSA) is 35.2 Å². The van der Waals surface area contributed by atoms with Gasteiger partial charge in [0.2, 0.25) is 0 Å².